The molecule has 5 heteroatoms. The van der Waals surface area contributed by atoms with Crippen molar-refractivity contribution in [3.8, 4) is 0 Å². The molecule has 2 aliphatic rings. The Hall–Kier alpha value is -3.60. The first-order valence-electron chi connectivity index (χ1n) is 14.7. The van der Waals surface area contributed by atoms with Crippen LogP contribution in [0.4, 0.5) is 4.79 Å². The zero-order chi connectivity index (χ0) is 26.6. The van der Waals surface area contributed by atoms with Crippen LogP contribution in [0, 0.1) is 17.8 Å². The minimum absolute atomic E-state index is 0.0309. The monoisotopic (exact) mass is 522 g/mol. The summed E-state index contributed by atoms with van der Waals surface area (Å²) in [5.41, 5.74) is 1.32. The predicted octanol–water partition coefficient (Wildman–Crippen LogP) is 7.13. The van der Waals surface area contributed by atoms with Gasteiger partial charge in [0.15, 0.2) is 0 Å². The van der Waals surface area contributed by atoms with E-state index in [4.69, 9.17) is 4.74 Å². The van der Waals surface area contributed by atoms with Gasteiger partial charge < -0.3 is 15.4 Å². The molecular formula is C34H38N2O3. The molecule has 2 amide bonds. The molecule has 3 atom stereocenters. The lowest BCUT2D eigenvalue weighted by Gasteiger charge is -2.14. The predicted molar refractivity (Wildman–Crippen MR) is 158 cm³/mol. The van der Waals surface area contributed by atoms with Gasteiger partial charge in [0.25, 0.3) is 0 Å². The third-order valence-corrected chi connectivity index (χ3v) is 8.83. The van der Waals surface area contributed by atoms with Crippen molar-refractivity contribution < 1.29 is 14.3 Å². The van der Waals surface area contributed by atoms with E-state index in [1.54, 1.807) is 0 Å². The summed E-state index contributed by atoms with van der Waals surface area (Å²) in [4.78, 5) is 24.4. The minimum Gasteiger partial charge on any atom is -0.449 e. The molecule has 2 aliphatic carbocycles. The summed E-state index contributed by atoms with van der Waals surface area (Å²) in [7, 11) is 0. The second kappa shape index (κ2) is 11.6. The zero-order valence-electron chi connectivity index (χ0n) is 22.6. The third-order valence-electron chi connectivity index (χ3n) is 8.83. The van der Waals surface area contributed by atoms with Crippen molar-refractivity contribution in [1.29, 1.82) is 0 Å². The number of fused-ring (bicyclic) bond motifs is 1. The van der Waals surface area contributed by atoms with E-state index < -0.39 is 0 Å². The number of carbonyl (C=O) groups excluding carboxylic acids is 2. The minimum atomic E-state index is -0.360. The van der Waals surface area contributed by atoms with E-state index in [9.17, 15) is 9.59 Å². The highest BCUT2D eigenvalue weighted by molar-refractivity contribution is 6.23. The van der Waals surface area contributed by atoms with Crippen molar-refractivity contribution >= 4 is 44.3 Å². The van der Waals surface area contributed by atoms with Gasteiger partial charge >= 0.3 is 6.09 Å². The van der Waals surface area contributed by atoms with Gasteiger partial charge in [0.05, 0.1) is 6.61 Å². The van der Waals surface area contributed by atoms with E-state index in [-0.39, 0.29) is 12.0 Å². The molecular weight excluding hydrogens is 484 g/mol. The molecule has 4 aromatic rings. The number of carbonyl (C=O) groups is 2. The number of alkyl carbamates (subject to hydrolysis) is 1. The smallest absolute Gasteiger partial charge is 0.407 e. The van der Waals surface area contributed by atoms with Gasteiger partial charge in [-0.15, -0.1) is 0 Å². The SMILES string of the molecule is O=C(CCCNC(=O)OCC1[C@H]2CCC=CCC[C@@H]12)NCCCc1ccc2ccc3cccc4ccc1c2c34. The van der Waals surface area contributed by atoms with Gasteiger partial charge in [0.1, 0.15) is 0 Å². The molecule has 0 saturated heterocycles. The van der Waals surface area contributed by atoms with Gasteiger partial charge in [0.2, 0.25) is 5.91 Å². The van der Waals surface area contributed by atoms with E-state index in [0.717, 1.165) is 37.5 Å². The molecule has 0 bridgehead atoms. The number of nitrogens with one attached hydrogen (secondary N) is 2. The summed E-state index contributed by atoms with van der Waals surface area (Å²) < 4.78 is 5.47. The van der Waals surface area contributed by atoms with Crippen LogP contribution in [-0.4, -0.2) is 31.7 Å². The molecule has 0 radical (unpaired) electrons. The van der Waals surface area contributed by atoms with Gasteiger partial charge in [-0.25, -0.2) is 4.79 Å². The highest BCUT2D eigenvalue weighted by atomic mass is 16.5. The summed E-state index contributed by atoms with van der Waals surface area (Å²) in [5, 5.41) is 13.7. The second-order valence-electron chi connectivity index (χ2n) is 11.3. The lowest BCUT2D eigenvalue weighted by atomic mass is 9.91. The van der Waals surface area contributed by atoms with Gasteiger partial charge in [-0.05, 0) is 101 Å². The van der Waals surface area contributed by atoms with Crippen LogP contribution in [0.2, 0.25) is 0 Å². The van der Waals surface area contributed by atoms with E-state index in [1.165, 1.54) is 50.7 Å². The fraction of sp³-hybridized carbons (Fsp3) is 0.412. The fourth-order valence-corrected chi connectivity index (χ4v) is 6.71. The molecule has 0 heterocycles. The normalized spacial score (nSPS) is 20.5. The van der Waals surface area contributed by atoms with Crippen molar-refractivity contribution in [3.05, 3.63) is 72.3 Å². The molecule has 1 fully saturated rings. The Bertz CT molecular complexity index is 1460. The number of allylic oxidation sites excluding steroid dienone is 2. The molecule has 1 saturated carbocycles. The standard InChI is InChI=1S/C34H38N2O3/c37-31(13-7-21-36-34(38)39-22-30-28-11-3-1-2-4-12-29(28)30)35-20-6-10-23-14-15-26-17-16-24-8-5-9-25-18-19-27(23)33(26)32(24)25/h1-2,5,8-9,14-19,28-30H,3-4,6-7,10-13,20-22H2,(H,35,37)(H,36,38)/t28-,29+,30?. The number of amides is 2. The Labute approximate surface area is 230 Å². The van der Waals surface area contributed by atoms with Crippen molar-refractivity contribution in [2.45, 2.75) is 51.4 Å². The van der Waals surface area contributed by atoms with Gasteiger partial charge in [-0.1, -0.05) is 66.7 Å². The number of rotatable bonds is 10. The van der Waals surface area contributed by atoms with Crippen molar-refractivity contribution in [2.75, 3.05) is 19.7 Å². The van der Waals surface area contributed by atoms with Crippen LogP contribution >= 0.6 is 0 Å². The van der Waals surface area contributed by atoms with Crippen LogP contribution in [0.3, 0.4) is 0 Å². The van der Waals surface area contributed by atoms with Crippen LogP contribution in [0.5, 0.6) is 0 Å². The summed E-state index contributed by atoms with van der Waals surface area (Å²) >= 11 is 0. The summed E-state index contributed by atoms with van der Waals surface area (Å²) in [5.74, 6) is 2.01. The van der Waals surface area contributed by atoms with Gasteiger partial charge in [-0.2, -0.15) is 0 Å². The quantitative estimate of drug-likeness (QED) is 0.132. The molecule has 39 heavy (non-hydrogen) atoms. The number of aryl methyl sites for hydroxylation is 1. The first kappa shape index (κ1) is 25.7. The Morgan fingerprint density at radius 3 is 2.21 bits per heavy atom. The summed E-state index contributed by atoms with van der Waals surface area (Å²) in [6.07, 6.45) is 11.7. The zero-order valence-corrected chi connectivity index (χ0v) is 22.6. The van der Waals surface area contributed by atoms with Crippen LogP contribution in [0.1, 0.15) is 50.5 Å². The van der Waals surface area contributed by atoms with Gasteiger partial charge in [0, 0.05) is 19.5 Å². The maximum atomic E-state index is 12.3. The van der Waals surface area contributed by atoms with Gasteiger partial charge in [-0.3, -0.25) is 4.79 Å². The maximum Gasteiger partial charge on any atom is 0.407 e. The Morgan fingerprint density at radius 1 is 0.769 bits per heavy atom. The van der Waals surface area contributed by atoms with Crippen LogP contribution < -0.4 is 10.6 Å². The molecule has 0 aliphatic heterocycles. The third kappa shape index (κ3) is 5.73. The van der Waals surface area contributed by atoms with E-state index >= 15 is 0 Å². The fourth-order valence-electron chi connectivity index (χ4n) is 6.71. The van der Waals surface area contributed by atoms with E-state index in [1.807, 2.05) is 0 Å². The highest BCUT2D eigenvalue weighted by Gasteiger charge is 2.49. The topological polar surface area (TPSA) is 67.4 Å². The largest absolute Gasteiger partial charge is 0.449 e. The first-order valence-corrected chi connectivity index (χ1v) is 14.7. The maximum absolute atomic E-state index is 12.3. The molecule has 202 valence electrons. The second-order valence-corrected chi connectivity index (χ2v) is 11.3. The average molecular weight is 523 g/mol. The van der Waals surface area contributed by atoms with Crippen molar-refractivity contribution in [3.63, 3.8) is 0 Å². The van der Waals surface area contributed by atoms with E-state index in [0.29, 0.717) is 38.5 Å². The van der Waals surface area contributed by atoms with E-state index in [2.05, 4.69) is 77.4 Å². The lowest BCUT2D eigenvalue weighted by Crippen LogP contribution is -2.29. The number of ether oxygens (including phenoxy) is 1. The average Bonchev–Trinajstić information content (AvgIpc) is 3.60. The number of hydrogen-bond donors (Lipinski definition) is 2. The summed E-state index contributed by atoms with van der Waals surface area (Å²) in [6.45, 7) is 1.62. The van der Waals surface area contributed by atoms with Crippen LogP contribution in [0.15, 0.2) is 66.7 Å². The first-order chi connectivity index (χ1) is 19.2. The molecule has 4 aromatic carbocycles. The van der Waals surface area contributed by atoms with Crippen molar-refractivity contribution in [1.82, 2.24) is 10.6 Å². The van der Waals surface area contributed by atoms with Crippen LogP contribution in [-0.2, 0) is 16.0 Å². The molecule has 2 N–H and O–H groups in total. The Morgan fingerprint density at radius 2 is 1.44 bits per heavy atom. The molecule has 0 aromatic heterocycles. The Kier molecular flexibility index (Phi) is 7.67. The lowest BCUT2D eigenvalue weighted by molar-refractivity contribution is -0.121. The molecule has 5 nitrogen and oxygen atoms in total. The summed E-state index contributed by atoms with van der Waals surface area (Å²) in [6, 6.07) is 19.8. The molecule has 1 unspecified atom stereocenters. The number of hydrogen-bond acceptors (Lipinski definition) is 3. The Balaban J connectivity index is 0.890. The van der Waals surface area contributed by atoms with Crippen molar-refractivity contribution in [2.24, 2.45) is 17.8 Å². The highest BCUT2D eigenvalue weighted by Crippen LogP contribution is 2.52. The molecule has 0 spiro atoms. The number of benzene rings is 4. The molecule has 6 rings (SSSR count). The van der Waals surface area contributed by atoms with Crippen LogP contribution in [0.25, 0.3) is 32.3 Å².